The Bertz CT molecular complexity index is 487. The van der Waals surface area contributed by atoms with Crippen LogP contribution in [0.5, 0.6) is 0 Å². The molecule has 3 nitrogen and oxygen atoms in total. The van der Waals surface area contributed by atoms with Crippen molar-refractivity contribution in [2.24, 2.45) is 0 Å². The van der Waals surface area contributed by atoms with Crippen molar-refractivity contribution in [3.8, 4) is 6.07 Å². The number of allylic oxidation sites excluding steroid dienone is 1. The van der Waals surface area contributed by atoms with Gasteiger partial charge in [0.1, 0.15) is 0 Å². The summed E-state index contributed by atoms with van der Waals surface area (Å²) in [5, 5.41) is 12.0. The average Bonchev–Trinajstić information content (AvgIpc) is 2.29. The molecule has 0 fully saturated rings. The molecule has 0 spiro atoms. The molecule has 1 atom stereocenters. The number of hydrogen-bond acceptors (Lipinski definition) is 3. The molecular formula is C12H10N2OS. The maximum atomic E-state index is 11.4. The van der Waals surface area contributed by atoms with E-state index in [0.717, 1.165) is 5.56 Å². The van der Waals surface area contributed by atoms with E-state index < -0.39 is 0 Å². The summed E-state index contributed by atoms with van der Waals surface area (Å²) >= 11 is 4.13. The monoisotopic (exact) mass is 230 g/mol. The zero-order valence-corrected chi connectivity index (χ0v) is 9.37. The lowest BCUT2D eigenvalue weighted by Crippen LogP contribution is -2.29. The van der Waals surface area contributed by atoms with Crippen LogP contribution in [0.1, 0.15) is 17.9 Å². The van der Waals surface area contributed by atoms with E-state index in [1.54, 1.807) is 0 Å². The molecule has 0 bridgehead atoms. The molecule has 0 saturated heterocycles. The van der Waals surface area contributed by atoms with Gasteiger partial charge in [0.15, 0.2) is 0 Å². The minimum Gasteiger partial charge on any atom is -0.320 e. The van der Waals surface area contributed by atoms with Gasteiger partial charge < -0.3 is 5.32 Å². The highest BCUT2D eigenvalue weighted by molar-refractivity contribution is 7.84. The van der Waals surface area contributed by atoms with E-state index in [-0.39, 0.29) is 11.8 Å². The minimum absolute atomic E-state index is 0.0992. The number of thiol groups is 1. The summed E-state index contributed by atoms with van der Waals surface area (Å²) in [6, 6.07) is 11.7. The SMILES string of the molecule is N#CC1=C(S)NC(=O)CC1c1ccccc1. The van der Waals surface area contributed by atoms with E-state index in [0.29, 0.717) is 17.0 Å². The molecule has 1 aromatic carbocycles. The second kappa shape index (κ2) is 4.42. The summed E-state index contributed by atoms with van der Waals surface area (Å²) in [4.78, 5) is 11.4. The van der Waals surface area contributed by atoms with E-state index in [2.05, 4.69) is 24.0 Å². The van der Waals surface area contributed by atoms with Crippen molar-refractivity contribution < 1.29 is 4.79 Å². The third-order valence-electron chi connectivity index (χ3n) is 2.57. The van der Waals surface area contributed by atoms with Crippen molar-refractivity contribution in [2.75, 3.05) is 0 Å². The van der Waals surface area contributed by atoms with Gasteiger partial charge in [-0.1, -0.05) is 30.3 Å². The molecule has 1 unspecified atom stereocenters. The number of amides is 1. The minimum atomic E-state index is -0.174. The first-order chi connectivity index (χ1) is 7.72. The lowest BCUT2D eigenvalue weighted by molar-refractivity contribution is -0.120. The van der Waals surface area contributed by atoms with Gasteiger partial charge in [-0.3, -0.25) is 4.79 Å². The summed E-state index contributed by atoms with van der Waals surface area (Å²) in [7, 11) is 0. The highest BCUT2D eigenvalue weighted by Crippen LogP contribution is 2.32. The van der Waals surface area contributed by atoms with Gasteiger partial charge >= 0.3 is 0 Å². The maximum Gasteiger partial charge on any atom is 0.225 e. The van der Waals surface area contributed by atoms with Crippen LogP contribution in [0, 0.1) is 11.3 Å². The van der Waals surface area contributed by atoms with E-state index >= 15 is 0 Å². The largest absolute Gasteiger partial charge is 0.320 e. The highest BCUT2D eigenvalue weighted by Gasteiger charge is 2.27. The molecule has 1 aliphatic rings. The molecule has 0 saturated carbocycles. The summed E-state index contributed by atoms with van der Waals surface area (Å²) in [5.41, 5.74) is 1.49. The number of carbonyl (C=O) groups excluding carboxylic acids is 1. The molecule has 0 radical (unpaired) electrons. The molecule has 1 amide bonds. The van der Waals surface area contributed by atoms with E-state index in [9.17, 15) is 4.79 Å². The zero-order valence-electron chi connectivity index (χ0n) is 8.47. The van der Waals surface area contributed by atoms with Crippen molar-refractivity contribution in [1.29, 1.82) is 5.26 Å². The molecule has 80 valence electrons. The summed E-state index contributed by atoms with van der Waals surface area (Å²) in [5.74, 6) is -0.273. The van der Waals surface area contributed by atoms with E-state index in [1.807, 2.05) is 30.3 Å². The highest BCUT2D eigenvalue weighted by atomic mass is 32.1. The fourth-order valence-electron chi connectivity index (χ4n) is 1.80. The van der Waals surface area contributed by atoms with Crippen LogP contribution in [0.2, 0.25) is 0 Å². The van der Waals surface area contributed by atoms with Gasteiger partial charge in [-0.05, 0) is 5.56 Å². The molecular weight excluding hydrogens is 220 g/mol. The van der Waals surface area contributed by atoms with Gasteiger partial charge in [-0.2, -0.15) is 5.26 Å². The maximum absolute atomic E-state index is 11.4. The number of nitrogens with one attached hydrogen (secondary N) is 1. The fourth-order valence-corrected chi connectivity index (χ4v) is 2.13. The van der Waals surface area contributed by atoms with Crippen LogP contribution >= 0.6 is 12.6 Å². The third-order valence-corrected chi connectivity index (χ3v) is 2.93. The molecule has 2 rings (SSSR count). The quantitative estimate of drug-likeness (QED) is 0.724. The van der Waals surface area contributed by atoms with Crippen LogP contribution in [-0.4, -0.2) is 5.91 Å². The lowest BCUT2D eigenvalue weighted by Gasteiger charge is -2.22. The molecule has 1 aliphatic heterocycles. The summed E-state index contributed by atoms with van der Waals surface area (Å²) in [6.45, 7) is 0. The standard InChI is InChI=1S/C12H10N2OS/c13-7-10-9(6-11(15)14-12(10)16)8-4-2-1-3-5-8/h1-5,9,16H,6H2,(H,14,15). The Morgan fingerprint density at radius 1 is 1.38 bits per heavy atom. The van der Waals surface area contributed by atoms with Crippen molar-refractivity contribution in [2.45, 2.75) is 12.3 Å². The van der Waals surface area contributed by atoms with Crippen LogP contribution < -0.4 is 5.32 Å². The number of hydrogen-bond donors (Lipinski definition) is 2. The number of nitriles is 1. The summed E-state index contributed by atoms with van der Waals surface area (Å²) < 4.78 is 0. The van der Waals surface area contributed by atoms with Crippen molar-refractivity contribution >= 4 is 18.5 Å². The predicted octanol–water partition coefficient (Wildman–Crippen LogP) is 1.96. The average molecular weight is 230 g/mol. The first-order valence-corrected chi connectivity index (χ1v) is 5.35. The normalized spacial score (nSPS) is 20.2. The van der Waals surface area contributed by atoms with Crippen LogP contribution in [0.25, 0.3) is 0 Å². The molecule has 0 aromatic heterocycles. The molecule has 16 heavy (non-hydrogen) atoms. The molecule has 1 heterocycles. The Hall–Kier alpha value is -1.73. The van der Waals surface area contributed by atoms with Crippen molar-refractivity contribution in [3.63, 3.8) is 0 Å². The molecule has 0 aliphatic carbocycles. The van der Waals surface area contributed by atoms with Crippen LogP contribution in [0.4, 0.5) is 0 Å². The van der Waals surface area contributed by atoms with E-state index in [4.69, 9.17) is 5.26 Å². The van der Waals surface area contributed by atoms with Gasteiger partial charge in [-0.25, -0.2) is 0 Å². The lowest BCUT2D eigenvalue weighted by atomic mass is 9.87. The number of benzene rings is 1. The number of nitrogens with zero attached hydrogens (tertiary/aromatic N) is 1. The Morgan fingerprint density at radius 3 is 2.69 bits per heavy atom. The van der Waals surface area contributed by atoms with Gasteiger partial charge in [0.25, 0.3) is 0 Å². The van der Waals surface area contributed by atoms with Crippen LogP contribution in [-0.2, 0) is 4.79 Å². The van der Waals surface area contributed by atoms with Crippen LogP contribution in [0.3, 0.4) is 0 Å². The molecule has 1 N–H and O–H groups in total. The van der Waals surface area contributed by atoms with Gasteiger partial charge in [0, 0.05) is 12.3 Å². The fraction of sp³-hybridized carbons (Fsp3) is 0.167. The Balaban J connectivity index is 2.45. The van der Waals surface area contributed by atoms with Gasteiger partial charge in [0.05, 0.1) is 16.7 Å². The second-order valence-electron chi connectivity index (χ2n) is 3.59. The Kier molecular flexibility index (Phi) is 2.97. The van der Waals surface area contributed by atoms with Gasteiger partial charge in [-0.15, -0.1) is 12.6 Å². The van der Waals surface area contributed by atoms with Crippen molar-refractivity contribution in [1.82, 2.24) is 5.32 Å². The number of rotatable bonds is 1. The zero-order chi connectivity index (χ0) is 11.5. The van der Waals surface area contributed by atoms with E-state index in [1.165, 1.54) is 0 Å². The molecule has 1 aromatic rings. The van der Waals surface area contributed by atoms with Crippen LogP contribution in [0.15, 0.2) is 40.9 Å². The Labute approximate surface area is 99.2 Å². The summed E-state index contributed by atoms with van der Waals surface area (Å²) in [6.07, 6.45) is 0.303. The second-order valence-corrected chi connectivity index (χ2v) is 4.04. The van der Waals surface area contributed by atoms with Crippen molar-refractivity contribution in [3.05, 3.63) is 46.5 Å². The van der Waals surface area contributed by atoms with Gasteiger partial charge in [0.2, 0.25) is 5.91 Å². The topological polar surface area (TPSA) is 52.9 Å². The predicted molar refractivity (Wildman–Crippen MR) is 63.6 cm³/mol. The first-order valence-electron chi connectivity index (χ1n) is 4.90. The number of carbonyl (C=O) groups is 1. The Morgan fingerprint density at radius 2 is 2.06 bits per heavy atom. The smallest absolute Gasteiger partial charge is 0.225 e. The molecule has 4 heteroatoms. The third kappa shape index (κ3) is 1.95. The first kappa shape index (κ1) is 10.8.